The third-order valence-corrected chi connectivity index (χ3v) is 9.58. The molecule has 0 aliphatic heterocycles. The zero-order valence-electron chi connectivity index (χ0n) is 22.5. The zero-order valence-corrected chi connectivity index (χ0v) is 24.8. The van der Waals surface area contributed by atoms with Crippen molar-refractivity contribution in [3.63, 3.8) is 0 Å². The van der Waals surface area contributed by atoms with Crippen LogP contribution in [0.2, 0.25) is 10.0 Å². The van der Waals surface area contributed by atoms with Gasteiger partial charge in [-0.1, -0.05) is 71.9 Å². The molecule has 0 radical (unpaired) electrons. The Bertz CT molecular complexity index is 1440. The maximum atomic E-state index is 14.0. The molecule has 212 valence electrons. The van der Waals surface area contributed by atoms with E-state index < -0.39 is 28.5 Å². The van der Waals surface area contributed by atoms with E-state index in [-0.39, 0.29) is 29.1 Å². The lowest BCUT2D eigenvalue weighted by Gasteiger charge is -2.32. The Morgan fingerprint density at radius 1 is 0.950 bits per heavy atom. The molecule has 10 heteroatoms. The fraction of sp³-hybridized carbons (Fsp3) is 0.333. The van der Waals surface area contributed by atoms with Crippen molar-refractivity contribution >= 4 is 50.7 Å². The quantitative estimate of drug-likeness (QED) is 0.310. The number of benzene rings is 3. The molecule has 1 saturated carbocycles. The molecular formula is C30H33Cl2N3O4S. The van der Waals surface area contributed by atoms with Gasteiger partial charge in [0.15, 0.2) is 0 Å². The van der Waals surface area contributed by atoms with E-state index in [1.807, 2.05) is 6.92 Å². The fourth-order valence-corrected chi connectivity index (χ4v) is 6.49. The molecule has 0 bridgehead atoms. The molecule has 2 amide bonds. The van der Waals surface area contributed by atoms with Crippen molar-refractivity contribution in [2.45, 2.75) is 63.1 Å². The minimum Gasteiger partial charge on any atom is -0.352 e. The van der Waals surface area contributed by atoms with Gasteiger partial charge in [-0.2, -0.15) is 0 Å². The van der Waals surface area contributed by atoms with Crippen LogP contribution in [0.25, 0.3) is 0 Å². The summed E-state index contributed by atoms with van der Waals surface area (Å²) in [5.74, 6) is -0.827. The molecule has 1 unspecified atom stereocenters. The first-order valence-electron chi connectivity index (χ1n) is 13.2. The van der Waals surface area contributed by atoms with E-state index in [4.69, 9.17) is 23.2 Å². The summed E-state index contributed by atoms with van der Waals surface area (Å²) in [6.07, 6.45) is 3.90. The van der Waals surface area contributed by atoms with Gasteiger partial charge in [0.1, 0.15) is 12.6 Å². The topological polar surface area (TPSA) is 86.8 Å². The molecule has 0 saturated heterocycles. The van der Waals surface area contributed by atoms with Crippen LogP contribution < -0.4 is 9.62 Å². The van der Waals surface area contributed by atoms with E-state index in [2.05, 4.69) is 5.32 Å². The minimum atomic E-state index is -4.14. The van der Waals surface area contributed by atoms with E-state index in [1.54, 1.807) is 67.6 Å². The first-order chi connectivity index (χ1) is 19.1. The molecule has 1 aliphatic rings. The number of amides is 2. The standard InChI is InChI=1S/C30H33Cl2N3O4S/c1-21-11-17-27(18-12-21)40(38,39)35(26-15-13-24(31)14-16-26)20-29(36)34(19-23-7-3-6-10-28(23)32)22(2)30(37)33-25-8-4-5-9-25/h3,6-7,10-18,22,25H,4-5,8-9,19-20H2,1-2H3,(H,33,37). The molecule has 3 aromatic rings. The molecule has 1 fully saturated rings. The van der Waals surface area contributed by atoms with Gasteiger partial charge in [0, 0.05) is 22.6 Å². The largest absolute Gasteiger partial charge is 0.352 e. The van der Waals surface area contributed by atoms with Crippen LogP contribution in [0.4, 0.5) is 5.69 Å². The lowest BCUT2D eigenvalue weighted by molar-refractivity contribution is -0.139. The van der Waals surface area contributed by atoms with Gasteiger partial charge in [-0.15, -0.1) is 0 Å². The Hall–Kier alpha value is -3.07. The maximum absolute atomic E-state index is 14.0. The highest BCUT2D eigenvalue weighted by atomic mass is 35.5. The number of sulfonamides is 1. The summed E-state index contributed by atoms with van der Waals surface area (Å²) in [5.41, 5.74) is 1.83. The third kappa shape index (κ3) is 7.16. The average molecular weight is 603 g/mol. The molecular weight excluding hydrogens is 569 g/mol. The van der Waals surface area contributed by atoms with Crippen LogP contribution in [0.1, 0.15) is 43.7 Å². The van der Waals surface area contributed by atoms with Gasteiger partial charge in [0.05, 0.1) is 10.6 Å². The average Bonchev–Trinajstić information content (AvgIpc) is 3.44. The van der Waals surface area contributed by atoms with Gasteiger partial charge < -0.3 is 10.2 Å². The second kappa shape index (κ2) is 13.1. The molecule has 40 heavy (non-hydrogen) atoms. The first-order valence-corrected chi connectivity index (χ1v) is 15.4. The molecule has 1 atom stereocenters. The maximum Gasteiger partial charge on any atom is 0.264 e. The Kier molecular flexibility index (Phi) is 9.77. The van der Waals surface area contributed by atoms with E-state index in [1.165, 1.54) is 17.0 Å². The van der Waals surface area contributed by atoms with Crippen LogP contribution in [0.15, 0.2) is 77.7 Å². The summed E-state index contributed by atoms with van der Waals surface area (Å²) in [4.78, 5) is 28.7. The SMILES string of the molecule is Cc1ccc(S(=O)(=O)N(CC(=O)N(Cc2ccccc2Cl)C(C)C(=O)NC2CCCC2)c2ccc(Cl)cc2)cc1. The number of carbonyl (C=O) groups is 2. The molecule has 0 aromatic heterocycles. The van der Waals surface area contributed by atoms with Crippen LogP contribution in [-0.4, -0.2) is 43.8 Å². The Labute approximate surface area is 246 Å². The lowest BCUT2D eigenvalue weighted by Crippen LogP contribution is -2.52. The van der Waals surface area contributed by atoms with Crippen molar-refractivity contribution < 1.29 is 18.0 Å². The van der Waals surface area contributed by atoms with E-state index in [9.17, 15) is 18.0 Å². The number of nitrogens with one attached hydrogen (secondary N) is 1. The second-order valence-electron chi connectivity index (χ2n) is 10.1. The summed E-state index contributed by atoms with van der Waals surface area (Å²) in [6, 6.07) is 18.9. The molecule has 7 nitrogen and oxygen atoms in total. The summed E-state index contributed by atoms with van der Waals surface area (Å²) < 4.78 is 28.8. The number of carbonyl (C=O) groups excluding carboxylic acids is 2. The van der Waals surface area contributed by atoms with Crippen molar-refractivity contribution in [3.05, 3.63) is 94.0 Å². The number of aryl methyl sites for hydroxylation is 1. The second-order valence-corrected chi connectivity index (χ2v) is 12.8. The summed E-state index contributed by atoms with van der Waals surface area (Å²) in [7, 11) is -4.14. The number of anilines is 1. The minimum absolute atomic E-state index is 0.0385. The van der Waals surface area contributed by atoms with Crippen LogP contribution >= 0.6 is 23.2 Å². The number of hydrogen-bond acceptors (Lipinski definition) is 4. The van der Waals surface area contributed by atoms with Gasteiger partial charge in [-0.3, -0.25) is 13.9 Å². The number of hydrogen-bond donors (Lipinski definition) is 1. The smallest absolute Gasteiger partial charge is 0.264 e. The van der Waals surface area contributed by atoms with Gasteiger partial charge in [0.25, 0.3) is 10.0 Å². The van der Waals surface area contributed by atoms with Crippen LogP contribution in [-0.2, 0) is 26.2 Å². The molecule has 0 heterocycles. The summed E-state index contributed by atoms with van der Waals surface area (Å²) >= 11 is 12.5. The van der Waals surface area contributed by atoms with Gasteiger partial charge in [-0.05, 0) is 74.7 Å². The summed E-state index contributed by atoms with van der Waals surface area (Å²) in [6.45, 7) is 3.03. The third-order valence-electron chi connectivity index (χ3n) is 7.17. The normalized spacial score (nSPS) is 14.5. The molecule has 3 aromatic carbocycles. The number of nitrogens with zero attached hydrogens (tertiary/aromatic N) is 2. The highest BCUT2D eigenvalue weighted by molar-refractivity contribution is 7.92. The van der Waals surface area contributed by atoms with Crippen LogP contribution in [0.5, 0.6) is 0 Å². The highest BCUT2D eigenvalue weighted by Gasteiger charge is 2.33. The predicted octanol–water partition coefficient (Wildman–Crippen LogP) is 5.97. The molecule has 0 spiro atoms. The molecule has 1 N–H and O–H groups in total. The van der Waals surface area contributed by atoms with E-state index in [0.717, 1.165) is 35.6 Å². The van der Waals surface area contributed by atoms with Crippen molar-refractivity contribution in [2.24, 2.45) is 0 Å². The Balaban J connectivity index is 1.69. The van der Waals surface area contributed by atoms with Crippen molar-refractivity contribution in [2.75, 3.05) is 10.8 Å². The Morgan fingerprint density at radius 2 is 1.57 bits per heavy atom. The first kappa shape index (κ1) is 29.9. The Morgan fingerprint density at radius 3 is 2.20 bits per heavy atom. The summed E-state index contributed by atoms with van der Waals surface area (Å²) in [5, 5.41) is 3.94. The fourth-order valence-electron chi connectivity index (χ4n) is 4.76. The monoisotopic (exact) mass is 601 g/mol. The van der Waals surface area contributed by atoms with E-state index >= 15 is 0 Å². The molecule has 1 aliphatic carbocycles. The highest BCUT2D eigenvalue weighted by Crippen LogP contribution is 2.27. The number of rotatable bonds is 10. The lowest BCUT2D eigenvalue weighted by atomic mass is 10.1. The van der Waals surface area contributed by atoms with Crippen LogP contribution in [0, 0.1) is 6.92 Å². The van der Waals surface area contributed by atoms with Crippen molar-refractivity contribution in [3.8, 4) is 0 Å². The van der Waals surface area contributed by atoms with Crippen molar-refractivity contribution in [1.29, 1.82) is 0 Å². The predicted molar refractivity (Wildman–Crippen MR) is 159 cm³/mol. The zero-order chi connectivity index (χ0) is 28.9. The number of halogens is 2. The van der Waals surface area contributed by atoms with Gasteiger partial charge in [0.2, 0.25) is 11.8 Å². The van der Waals surface area contributed by atoms with Gasteiger partial charge >= 0.3 is 0 Å². The van der Waals surface area contributed by atoms with E-state index in [0.29, 0.717) is 15.6 Å². The van der Waals surface area contributed by atoms with Gasteiger partial charge in [-0.25, -0.2) is 8.42 Å². The van der Waals surface area contributed by atoms with Crippen molar-refractivity contribution in [1.82, 2.24) is 10.2 Å². The van der Waals surface area contributed by atoms with Crippen LogP contribution in [0.3, 0.4) is 0 Å². The molecule has 4 rings (SSSR count).